The number of hydrogen-bond donors (Lipinski definition) is 1. The van der Waals surface area contributed by atoms with Crippen LogP contribution in [0, 0.1) is 6.92 Å². The number of halogens is 1. The van der Waals surface area contributed by atoms with Crippen molar-refractivity contribution >= 4 is 17.3 Å². The van der Waals surface area contributed by atoms with Crippen molar-refractivity contribution in [1.29, 1.82) is 0 Å². The molecule has 0 radical (unpaired) electrons. The van der Waals surface area contributed by atoms with Gasteiger partial charge in [0.2, 0.25) is 0 Å². The summed E-state index contributed by atoms with van der Waals surface area (Å²) in [7, 11) is 0. The Morgan fingerprint density at radius 2 is 1.94 bits per heavy atom. The number of nitrogens with two attached hydrogens (primary N) is 1. The van der Waals surface area contributed by atoms with Gasteiger partial charge in [-0.2, -0.15) is 0 Å². The number of benzene rings is 1. The summed E-state index contributed by atoms with van der Waals surface area (Å²) in [4.78, 5) is 7.83. The van der Waals surface area contributed by atoms with Crippen LogP contribution < -0.4 is 10.5 Å². The average Bonchev–Trinajstić information content (AvgIpc) is 2.25. The summed E-state index contributed by atoms with van der Waals surface area (Å²) in [5.74, 6) is 0.535. The van der Waals surface area contributed by atoms with Crippen LogP contribution in [0.4, 0.5) is 5.69 Å². The van der Waals surface area contributed by atoms with E-state index >= 15 is 0 Å². The monoisotopic (exact) mass is 235 g/mol. The molecular weight excluding hydrogens is 226 g/mol. The summed E-state index contributed by atoms with van der Waals surface area (Å²) < 4.78 is 5.41. The van der Waals surface area contributed by atoms with Crippen LogP contribution in [0.1, 0.15) is 5.56 Å². The molecule has 0 aliphatic rings. The van der Waals surface area contributed by atoms with E-state index < -0.39 is 0 Å². The smallest absolute Gasteiger partial charge is 0.322 e. The largest absolute Gasteiger partial charge is 0.422 e. The van der Waals surface area contributed by atoms with E-state index in [0.717, 1.165) is 5.56 Å². The predicted molar refractivity (Wildman–Crippen MR) is 62.7 cm³/mol. The van der Waals surface area contributed by atoms with Crippen molar-refractivity contribution in [1.82, 2.24) is 9.97 Å². The molecule has 0 saturated heterocycles. The van der Waals surface area contributed by atoms with Crippen LogP contribution in [-0.2, 0) is 0 Å². The van der Waals surface area contributed by atoms with Crippen LogP contribution in [0.25, 0.3) is 0 Å². The zero-order valence-electron chi connectivity index (χ0n) is 8.64. The first kappa shape index (κ1) is 10.7. The van der Waals surface area contributed by atoms with Gasteiger partial charge in [-0.15, -0.1) is 0 Å². The molecule has 2 N–H and O–H groups in total. The Morgan fingerprint density at radius 1 is 1.25 bits per heavy atom. The van der Waals surface area contributed by atoms with Crippen molar-refractivity contribution in [2.45, 2.75) is 6.92 Å². The first-order valence-electron chi connectivity index (χ1n) is 4.66. The van der Waals surface area contributed by atoms with E-state index in [9.17, 15) is 0 Å². The van der Waals surface area contributed by atoms with Gasteiger partial charge in [0.05, 0.1) is 23.1 Å². The van der Waals surface area contributed by atoms with Gasteiger partial charge in [0.25, 0.3) is 0 Å². The zero-order chi connectivity index (χ0) is 11.5. The van der Waals surface area contributed by atoms with Gasteiger partial charge in [-0.05, 0) is 24.6 Å². The van der Waals surface area contributed by atoms with E-state index in [1.807, 2.05) is 19.1 Å². The SMILES string of the molecule is Cc1ccc(Oc2ncc(Cl)cn2)c(N)c1. The molecule has 0 amide bonds. The van der Waals surface area contributed by atoms with Gasteiger partial charge in [-0.1, -0.05) is 17.7 Å². The molecule has 5 heteroatoms. The summed E-state index contributed by atoms with van der Waals surface area (Å²) in [5, 5.41) is 0.462. The Labute approximate surface area is 98.0 Å². The Balaban J connectivity index is 2.23. The molecule has 2 rings (SSSR count). The van der Waals surface area contributed by atoms with Gasteiger partial charge in [0.15, 0.2) is 5.75 Å². The summed E-state index contributed by atoms with van der Waals surface area (Å²) in [5.41, 5.74) is 7.42. The third-order valence-electron chi connectivity index (χ3n) is 1.96. The predicted octanol–water partition coefficient (Wildman–Crippen LogP) is 2.81. The second-order valence-electron chi connectivity index (χ2n) is 3.33. The minimum absolute atomic E-state index is 0.222. The molecule has 0 aliphatic heterocycles. The molecule has 0 bridgehead atoms. The molecule has 0 saturated carbocycles. The molecule has 16 heavy (non-hydrogen) atoms. The minimum atomic E-state index is 0.222. The second kappa shape index (κ2) is 4.37. The number of aryl methyl sites for hydroxylation is 1. The summed E-state index contributed by atoms with van der Waals surface area (Å²) in [6, 6.07) is 5.73. The highest BCUT2D eigenvalue weighted by Crippen LogP contribution is 2.26. The molecule has 0 atom stereocenters. The van der Waals surface area contributed by atoms with Gasteiger partial charge in [-0.25, -0.2) is 9.97 Å². The summed E-state index contributed by atoms with van der Waals surface area (Å²) in [6.07, 6.45) is 2.93. The Kier molecular flexibility index (Phi) is 2.92. The Bertz CT molecular complexity index is 499. The maximum Gasteiger partial charge on any atom is 0.322 e. The first-order chi connectivity index (χ1) is 7.65. The summed E-state index contributed by atoms with van der Waals surface area (Å²) >= 11 is 5.66. The molecule has 1 heterocycles. The summed E-state index contributed by atoms with van der Waals surface area (Å²) in [6.45, 7) is 1.96. The van der Waals surface area contributed by atoms with E-state index in [2.05, 4.69) is 9.97 Å². The molecular formula is C11H10ClN3O. The maximum atomic E-state index is 5.79. The first-order valence-corrected chi connectivity index (χ1v) is 5.04. The van der Waals surface area contributed by atoms with Crippen LogP contribution >= 0.6 is 11.6 Å². The molecule has 1 aromatic heterocycles. The van der Waals surface area contributed by atoms with Gasteiger partial charge < -0.3 is 10.5 Å². The van der Waals surface area contributed by atoms with Crippen LogP contribution in [-0.4, -0.2) is 9.97 Å². The van der Waals surface area contributed by atoms with Crippen LogP contribution in [0.15, 0.2) is 30.6 Å². The lowest BCUT2D eigenvalue weighted by atomic mass is 10.2. The van der Waals surface area contributed by atoms with E-state index in [1.54, 1.807) is 6.07 Å². The number of hydrogen-bond acceptors (Lipinski definition) is 4. The lowest BCUT2D eigenvalue weighted by Gasteiger charge is -2.06. The van der Waals surface area contributed by atoms with Crippen molar-refractivity contribution in [3.05, 3.63) is 41.2 Å². The lowest BCUT2D eigenvalue weighted by molar-refractivity contribution is 0.444. The van der Waals surface area contributed by atoms with E-state index in [0.29, 0.717) is 16.5 Å². The minimum Gasteiger partial charge on any atom is -0.422 e. The highest BCUT2D eigenvalue weighted by Gasteiger charge is 2.04. The number of rotatable bonds is 2. The number of nitrogens with zero attached hydrogens (tertiary/aromatic N) is 2. The molecule has 1 aromatic carbocycles. The van der Waals surface area contributed by atoms with Crippen LogP contribution in [0.2, 0.25) is 5.02 Å². The van der Waals surface area contributed by atoms with Crippen molar-refractivity contribution in [3.63, 3.8) is 0 Å². The molecule has 0 aliphatic carbocycles. The van der Waals surface area contributed by atoms with E-state index in [1.165, 1.54) is 12.4 Å². The van der Waals surface area contributed by atoms with Crippen LogP contribution in [0.3, 0.4) is 0 Å². The number of anilines is 1. The number of ether oxygens (including phenoxy) is 1. The molecule has 4 nitrogen and oxygen atoms in total. The molecule has 2 aromatic rings. The van der Waals surface area contributed by atoms with E-state index in [-0.39, 0.29) is 6.01 Å². The quantitative estimate of drug-likeness (QED) is 0.813. The maximum absolute atomic E-state index is 5.79. The van der Waals surface area contributed by atoms with Crippen molar-refractivity contribution < 1.29 is 4.74 Å². The highest BCUT2D eigenvalue weighted by molar-refractivity contribution is 6.30. The second-order valence-corrected chi connectivity index (χ2v) is 3.76. The van der Waals surface area contributed by atoms with E-state index in [4.69, 9.17) is 22.1 Å². The highest BCUT2D eigenvalue weighted by atomic mass is 35.5. The number of nitrogen functional groups attached to an aromatic ring is 1. The fraction of sp³-hybridized carbons (Fsp3) is 0.0909. The third-order valence-corrected chi connectivity index (χ3v) is 2.16. The third kappa shape index (κ3) is 2.41. The van der Waals surface area contributed by atoms with Gasteiger partial charge >= 0.3 is 6.01 Å². The molecule has 0 unspecified atom stereocenters. The topological polar surface area (TPSA) is 61.0 Å². The normalized spacial score (nSPS) is 10.1. The lowest BCUT2D eigenvalue weighted by Crippen LogP contribution is -1.95. The molecule has 0 spiro atoms. The van der Waals surface area contributed by atoms with Gasteiger partial charge in [-0.3, -0.25) is 0 Å². The molecule has 82 valence electrons. The fourth-order valence-corrected chi connectivity index (χ4v) is 1.31. The van der Waals surface area contributed by atoms with Gasteiger partial charge in [0.1, 0.15) is 0 Å². The standard InChI is InChI=1S/C11H10ClN3O/c1-7-2-3-10(9(13)4-7)16-11-14-5-8(12)6-15-11/h2-6H,13H2,1H3. The van der Waals surface area contributed by atoms with Gasteiger partial charge in [0, 0.05) is 0 Å². The van der Waals surface area contributed by atoms with Crippen LogP contribution in [0.5, 0.6) is 11.8 Å². The van der Waals surface area contributed by atoms with Crippen molar-refractivity contribution in [2.24, 2.45) is 0 Å². The molecule has 0 fully saturated rings. The van der Waals surface area contributed by atoms with Crippen molar-refractivity contribution in [3.8, 4) is 11.8 Å². The fourth-order valence-electron chi connectivity index (χ4n) is 1.21. The van der Waals surface area contributed by atoms with Crippen molar-refractivity contribution in [2.75, 3.05) is 5.73 Å². The Morgan fingerprint density at radius 3 is 2.56 bits per heavy atom. The Hall–Kier alpha value is -1.81. The number of aromatic nitrogens is 2. The average molecular weight is 236 g/mol. The zero-order valence-corrected chi connectivity index (χ0v) is 9.40.